The average Bonchev–Trinajstić information content (AvgIpc) is 3.09. The van der Waals surface area contributed by atoms with Gasteiger partial charge >= 0.3 is 6.03 Å². The molecular formula is C18H24N2O4S. The molecule has 2 aromatic rings. The van der Waals surface area contributed by atoms with Crippen molar-refractivity contribution in [3.05, 3.63) is 54.0 Å². The number of carbonyl (C=O) groups excluding carboxylic acids is 1. The van der Waals surface area contributed by atoms with Gasteiger partial charge in [-0.05, 0) is 44.5 Å². The number of sulfone groups is 1. The summed E-state index contributed by atoms with van der Waals surface area (Å²) in [5.74, 6) is 0.296. The highest BCUT2D eigenvalue weighted by Gasteiger charge is 2.31. The van der Waals surface area contributed by atoms with E-state index in [0.29, 0.717) is 5.76 Å². The predicted molar refractivity (Wildman–Crippen MR) is 96.1 cm³/mol. The lowest BCUT2D eigenvalue weighted by atomic mass is 10.2. The Balaban J connectivity index is 2.22. The summed E-state index contributed by atoms with van der Waals surface area (Å²) in [6.45, 7) is 5.65. The maximum atomic E-state index is 13.0. The number of aryl methyl sites for hydroxylation is 1. The number of hydrogen-bond donors (Lipinski definition) is 2. The van der Waals surface area contributed by atoms with E-state index in [4.69, 9.17) is 4.42 Å². The highest BCUT2D eigenvalue weighted by Crippen LogP contribution is 2.29. The smallest absolute Gasteiger partial charge is 0.315 e. The molecule has 0 saturated heterocycles. The molecular weight excluding hydrogens is 340 g/mol. The third-order valence-electron chi connectivity index (χ3n) is 4.02. The maximum Gasteiger partial charge on any atom is 0.315 e. The Morgan fingerprint density at radius 1 is 1.20 bits per heavy atom. The predicted octanol–water partition coefficient (Wildman–Crippen LogP) is 3.20. The Morgan fingerprint density at radius 2 is 1.88 bits per heavy atom. The van der Waals surface area contributed by atoms with Crippen molar-refractivity contribution in [1.82, 2.24) is 10.6 Å². The SMILES string of the molecule is CCC(C)NC(=O)NCC(c1ccco1)S(=O)(=O)c1ccc(C)cc1. The Morgan fingerprint density at radius 3 is 2.44 bits per heavy atom. The fraction of sp³-hybridized carbons (Fsp3) is 0.389. The minimum Gasteiger partial charge on any atom is -0.468 e. The van der Waals surface area contributed by atoms with E-state index in [1.54, 1.807) is 36.4 Å². The van der Waals surface area contributed by atoms with E-state index in [1.165, 1.54) is 6.26 Å². The minimum atomic E-state index is -3.71. The molecule has 0 aliphatic heterocycles. The molecule has 25 heavy (non-hydrogen) atoms. The van der Waals surface area contributed by atoms with Crippen molar-refractivity contribution >= 4 is 15.9 Å². The lowest BCUT2D eigenvalue weighted by molar-refractivity contribution is 0.237. The van der Waals surface area contributed by atoms with Crippen molar-refractivity contribution in [2.24, 2.45) is 0 Å². The second-order valence-corrected chi connectivity index (χ2v) is 8.16. The number of amides is 2. The first-order valence-corrected chi connectivity index (χ1v) is 9.77. The van der Waals surface area contributed by atoms with Crippen LogP contribution in [-0.4, -0.2) is 27.0 Å². The average molecular weight is 364 g/mol. The molecule has 2 unspecified atom stereocenters. The second-order valence-electron chi connectivity index (χ2n) is 6.03. The minimum absolute atomic E-state index is 0.00997. The van der Waals surface area contributed by atoms with Crippen molar-refractivity contribution in [2.45, 2.75) is 43.4 Å². The van der Waals surface area contributed by atoms with Gasteiger partial charge in [-0.3, -0.25) is 0 Å². The molecule has 1 aromatic heterocycles. The molecule has 1 aromatic carbocycles. The van der Waals surface area contributed by atoms with Crippen LogP contribution in [0.1, 0.15) is 36.8 Å². The van der Waals surface area contributed by atoms with Crippen LogP contribution in [0.5, 0.6) is 0 Å². The Hall–Kier alpha value is -2.28. The van der Waals surface area contributed by atoms with Crippen molar-refractivity contribution in [2.75, 3.05) is 6.54 Å². The van der Waals surface area contributed by atoms with Gasteiger partial charge < -0.3 is 15.1 Å². The van der Waals surface area contributed by atoms with Crippen molar-refractivity contribution in [3.63, 3.8) is 0 Å². The monoisotopic (exact) mass is 364 g/mol. The van der Waals surface area contributed by atoms with Gasteiger partial charge in [0.15, 0.2) is 9.84 Å². The molecule has 2 N–H and O–H groups in total. The largest absolute Gasteiger partial charge is 0.468 e. The number of furan rings is 1. The molecule has 0 bridgehead atoms. The van der Waals surface area contributed by atoms with E-state index in [0.717, 1.165) is 12.0 Å². The Kier molecular flexibility index (Phi) is 6.25. The van der Waals surface area contributed by atoms with E-state index in [9.17, 15) is 13.2 Å². The normalized spacial score (nSPS) is 13.9. The zero-order valence-corrected chi connectivity index (χ0v) is 15.5. The fourth-order valence-electron chi connectivity index (χ4n) is 2.29. The van der Waals surface area contributed by atoms with Crippen LogP contribution < -0.4 is 10.6 Å². The molecule has 6 nitrogen and oxygen atoms in total. The molecule has 7 heteroatoms. The van der Waals surface area contributed by atoms with Crippen LogP contribution in [0.15, 0.2) is 52.0 Å². The van der Waals surface area contributed by atoms with Crippen LogP contribution >= 0.6 is 0 Å². The number of urea groups is 1. The van der Waals surface area contributed by atoms with Crippen molar-refractivity contribution in [1.29, 1.82) is 0 Å². The maximum absolute atomic E-state index is 13.0. The molecule has 2 atom stereocenters. The van der Waals surface area contributed by atoms with Gasteiger partial charge in [0.2, 0.25) is 0 Å². The van der Waals surface area contributed by atoms with Crippen LogP contribution in [0.25, 0.3) is 0 Å². The summed E-state index contributed by atoms with van der Waals surface area (Å²) in [6.07, 6.45) is 2.21. The topological polar surface area (TPSA) is 88.4 Å². The van der Waals surface area contributed by atoms with Crippen LogP contribution in [0.4, 0.5) is 4.79 Å². The standard InChI is InChI=1S/C18H24N2O4S/c1-4-14(3)20-18(21)19-12-17(16-6-5-11-24-16)25(22,23)15-9-7-13(2)8-10-15/h5-11,14,17H,4,12H2,1-3H3,(H2,19,20,21). The number of rotatable bonds is 7. The quantitative estimate of drug-likeness (QED) is 0.790. The zero-order chi connectivity index (χ0) is 18.4. The molecule has 2 rings (SSSR count). The first-order chi connectivity index (χ1) is 11.8. The fourth-order valence-corrected chi connectivity index (χ4v) is 3.88. The van der Waals surface area contributed by atoms with E-state index < -0.39 is 21.1 Å². The highest BCUT2D eigenvalue weighted by atomic mass is 32.2. The van der Waals surface area contributed by atoms with Crippen LogP contribution in [0.3, 0.4) is 0 Å². The first-order valence-electron chi connectivity index (χ1n) is 8.23. The molecule has 0 radical (unpaired) electrons. The highest BCUT2D eigenvalue weighted by molar-refractivity contribution is 7.91. The second kappa shape index (κ2) is 8.20. The molecule has 0 spiro atoms. The third-order valence-corrected chi connectivity index (χ3v) is 6.10. The molecule has 0 fully saturated rings. The summed E-state index contributed by atoms with van der Waals surface area (Å²) < 4.78 is 31.3. The summed E-state index contributed by atoms with van der Waals surface area (Å²) in [5, 5.41) is 4.40. The number of carbonyl (C=O) groups is 1. The Labute approximate surface area is 148 Å². The molecule has 0 aliphatic carbocycles. The van der Waals surface area contributed by atoms with E-state index in [1.807, 2.05) is 20.8 Å². The summed E-state index contributed by atoms with van der Waals surface area (Å²) in [7, 11) is -3.71. The van der Waals surface area contributed by atoms with Gasteiger partial charge in [0.05, 0.1) is 11.2 Å². The van der Waals surface area contributed by atoms with Gasteiger partial charge in [-0.25, -0.2) is 13.2 Å². The van der Waals surface area contributed by atoms with E-state index >= 15 is 0 Å². The first kappa shape index (κ1) is 19.1. The summed E-state index contributed by atoms with van der Waals surface area (Å²) in [4.78, 5) is 12.1. The zero-order valence-electron chi connectivity index (χ0n) is 14.7. The van der Waals surface area contributed by atoms with E-state index in [2.05, 4.69) is 10.6 Å². The summed E-state index contributed by atoms with van der Waals surface area (Å²) in [6, 6.07) is 9.47. The molecule has 0 aliphatic rings. The number of nitrogens with one attached hydrogen (secondary N) is 2. The summed E-state index contributed by atoms with van der Waals surface area (Å²) in [5.41, 5.74) is 0.972. The van der Waals surface area contributed by atoms with Crippen LogP contribution in [0, 0.1) is 6.92 Å². The van der Waals surface area contributed by atoms with Crippen molar-refractivity contribution < 1.29 is 17.6 Å². The van der Waals surface area contributed by atoms with Gasteiger partial charge in [-0.15, -0.1) is 0 Å². The summed E-state index contributed by atoms with van der Waals surface area (Å²) >= 11 is 0. The lowest BCUT2D eigenvalue weighted by Gasteiger charge is -2.18. The molecule has 2 amide bonds. The number of benzene rings is 1. The lowest BCUT2D eigenvalue weighted by Crippen LogP contribution is -2.42. The van der Waals surface area contributed by atoms with Gasteiger partial charge in [0, 0.05) is 12.6 Å². The van der Waals surface area contributed by atoms with E-state index in [-0.39, 0.29) is 17.5 Å². The third kappa shape index (κ3) is 4.85. The van der Waals surface area contributed by atoms with Gasteiger partial charge in [0.1, 0.15) is 11.0 Å². The van der Waals surface area contributed by atoms with Crippen LogP contribution in [0.2, 0.25) is 0 Å². The van der Waals surface area contributed by atoms with Crippen molar-refractivity contribution in [3.8, 4) is 0 Å². The molecule has 0 saturated carbocycles. The molecule has 1 heterocycles. The van der Waals surface area contributed by atoms with Gasteiger partial charge in [-0.1, -0.05) is 24.6 Å². The Bertz CT molecular complexity index is 783. The van der Waals surface area contributed by atoms with Crippen LogP contribution in [-0.2, 0) is 9.84 Å². The van der Waals surface area contributed by atoms with Gasteiger partial charge in [0.25, 0.3) is 0 Å². The molecule has 136 valence electrons. The van der Waals surface area contributed by atoms with Gasteiger partial charge in [-0.2, -0.15) is 0 Å². The number of hydrogen-bond acceptors (Lipinski definition) is 4.